The van der Waals surface area contributed by atoms with Crippen LogP contribution in [0.2, 0.25) is 0 Å². The number of benzene rings is 3. The number of ether oxygens (including phenoxy) is 6. The molecule has 0 radical (unpaired) electrons. The monoisotopic (exact) mass is 1010 g/mol. The Hall–Kier alpha value is -5.49. The van der Waals surface area contributed by atoms with Gasteiger partial charge in [0.25, 0.3) is 0 Å². The summed E-state index contributed by atoms with van der Waals surface area (Å²) >= 11 is 1.57. The number of nitrogens with one attached hydrogen (secondary N) is 2. The van der Waals surface area contributed by atoms with Crippen LogP contribution in [0, 0.1) is 33.1 Å². The molecule has 4 aromatic rings. The molecule has 3 aromatic carbocycles. The standard InChI is InChI=1S/C56H72N4O11S/c1-35-28-36(2)47(37(3)29-35)48-51(70-32-40-12-10-9-11-13-40)56(71-54(48)65)20-18-44(19-21-56)69-27-26-67-23-22-66-24-25-68-33-46(62)59-50(55(6,7)8)53(64)60-31-43(61)30-45(60)52(63)58-38(4)41-14-16-42(17-15-41)49-39(5)57-34-72-49/h9-17,28-29,34,38,43-45,50,61H,18-27,30-33H2,1-8H3,(H,58,63)(H,59,62)/t38-,43+,44?,45-,50+,56?/m0/s1. The van der Waals surface area contributed by atoms with E-state index in [1.165, 1.54) is 4.90 Å². The maximum absolute atomic E-state index is 14.1. The van der Waals surface area contributed by atoms with E-state index in [0.29, 0.717) is 70.0 Å². The highest BCUT2D eigenvalue weighted by atomic mass is 32.1. The summed E-state index contributed by atoms with van der Waals surface area (Å²) in [5.41, 5.74) is 8.75. The van der Waals surface area contributed by atoms with Crippen LogP contribution < -0.4 is 10.6 Å². The number of aliphatic hydroxyl groups is 1. The van der Waals surface area contributed by atoms with Gasteiger partial charge in [0, 0.05) is 13.0 Å². The van der Waals surface area contributed by atoms with Gasteiger partial charge in [0.15, 0.2) is 11.4 Å². The van der Waals surface area contributed by atoms with Crippen molar-refractivity contribution >= 4 is 40.6 Å². The minimum Gasteiger partial charge on any atom is -0.488 e. The largest absolute Gasteiger partial charge is 0.488 e. The first-order valence-corrected chi connectivity index (χ1v) is 26.0. The topological polar surface area (TPSA) is 184 Å². The molecule has 388 valence electrons. The Balaban J connectivity index is 0.786. The van der Waals surface area contributed by atoms with Crippen molar-refractivity contribution in [2.75, 3.05) is 52.8 Å². The van der Waals surface area contributed by atoms with Crippen LogP contribution in [0.15, 0.2) is 78.0 Å². The van der Waals surface area contributed by atoms with Crippen molar-refractivity contribution < 1.29 is 52.7 Å². The Labute approximate surface area is 428 Å². The number of thiazole rings is 1. The second-order valence-electron chi connectivity index (χ2n) is 20.4. The van der Waals surface area contributed by atoms with Gasteiger partial charge in [0.05, 0.1) is 74.0 Å². The van der Waals surface area contributed by atoms with Gasteiger partial charge in [-0.05, 0) is 99.1 Å². The average Bonchev–Trinajstić information content (AvgIpc) is 4.03. The number of aromatic nitrogens is 1. The number of nitrogens with zero attached hydrogens (tertiary/aromatic N) is 2. The van der Waals surface area contributed by atoms with Crippen molar-refractivity contribution in [3.8, 4) is 10.4 Å². The summed E-state index contributed by atoms with van der Waals surface area (Å²) in [5, 5.41) is 16.5. The molecule has 16 heteroatoms. The van der Waals surface area contributed by atoms with Gasteiger partial charge in [0.1, 0.15) is 30.9 Å². The van der Waals surface area contributed by atoms with E-state index in [-0.39, 0.29) is 56.8 Å². The molecule has 1 aliphatic carbocycles. The smallest absolute Gasteiger partial charge is 0.343 e. The fourth-order valence-electron chi connectivity index (χ4n) is 9.97. The summed E-state index contributed by atoms with van der Waals surface area (Å²) < 4.78 is 36.0. The first-order chi connectivity index (χ1) is 34.4. The Kier molecular flexibility index (Phi) is 18.5. The van der Waals surface area contributed by atoms with Gasteiger partial charge in [-0.2, -0.15) is 0 Å². The third kappa shape index (κ3) is 13.6. The molecule has 1 saturated heterocycles. The fourth-order valence-corrected chi connectivity index (χ4v) is 10.8. The third-order valence-corrected chi connectivity index (χ3v) is 14.6. The maximum atomic E-state index is 14.1. The number of aliphatic hydroxyl groups excluding tert-OH is 1. The SMILES string of the molecule is Cc1cc(C)c(C2=C(OCc3ccccc3)C3(CCC(OCCOCCOCCOCC(=O)N[C@H](C(=O)N4C[C@H](O)C[C@H]4C(=O)N[C@@H](C)c4ccc(-c5scnc5C)cc4)C(C)(C)C)CC3)OC2=O)c(C)c1. The number of β-amino-alcohol motifs (C(OH)–C–C–N with tert-alkyl or cyclic N) is 1. The Morgan fingerprint density at radius 3 is 2.15 bits per heavy atom. The molecule has 2 fully saturated rings. The third-order valence-electron chi connectivity index (χ3n) is 13.6. The Morgan fingerprint density at radius 1 is 0.889 bits per heavy atom. The van der Waals surface area contributed by atoms with E-state index in [2.05, 4.69) is 34.7 Å². The highest BCUT2D eigenvalue weighted by molar-refractivity contribution is 7.13. The summed E-state index contributed by atoms with van der Waals surface area (Å²) in [6, 6.07) is 19.8. The molecule has 15 nitrogen and oxygen atoms in total. The van der Waals surface area contributed by atoms with Gasteiger partial charge in [-0.25, -0.2) is 9.78 Å². The summed E-state index contributed by atoms with van der Waals surface area (Å²) in [4.78, 5) is 61.3. The summed E-state index contributed by atoms with van der Waals surface area (Å²) in [6.07, 6.45) is 1.77. The molecular weight excluding hydrogens is 937 g/mol. The van der Waals surface area contributed by atoms with Gasteiger partial charge in [-0.15, -0.1) is 11.3 Å². The first kappa shape index (κ1) is 54.3. The molecule has 72 heavy (non-hydrogen) atoms. The van der Waals surface area contributed by atoms with Crippen LogP contribution >= 0.6 is 11.3 Å². The lowest BCUT2D eigenvalue weighted by Crippen LogP contribution is -2.58. The van der Waals surface area contributed by atoms with E-state index >= 15 is 0 Å². The molecule has 1 saturated carbocycles. The number of carbonyl (C=O) groups excluding carboxylic acids is 4. The predicted molar refractivity (Wildman–Crippen MR) is 275 cm³/mol. The molecular formula is C56H72N4O11S. The lowest BCUT2D eigenvalue weighted by molar-refractivity contribution is -0.154. The van der Waals surface area contributed by atoms with Gasteiger partial charge < -0.3 is 49.1 Å². The van der Waals surface area contributed by atoms with Crippen LogP contribution in [0.5, 0.6) is 0 Å². The minimum absolute atomic E-state index is 0.0112. The van der Waals surface area contributed by atoms with Crippen molar-refractivity contribution in [3.05, 3.63) is 117 Å². The van der Waals surface area contributed by atoms with E-state index in [1.807, 2.05) is 109 Å². The van der Waals surface area contributed by atoms with Crippen molar-refractivity contribution in [1.29, 1.82) is 0 Å². The van der Waals surface area contributed by atoms with Crippen LogP contribution in [-0.4, -0.2) is 121 Å². The van der Waals surface area contributed by atoms with Crippen LogP contribution in [0.3, 0.4) is 0 Å². The van der Waals surface area contributed by atoms with Crippen LogP contribution in [0.25, 0.3) is 16.0 Å². The molecule has 3 amide bonds. The second kappa shape index (κ2) is 24.5. The Morgan fingerprint density at radius 2 is 1.53 bits per heavy atom. The van der Waals surface area contributed by atoms with Crippen molar-refractivity contribution in [1.82, 2.24) is 20.5 Å². The highest BCUT2D eigenvalue weighted by Crippen LogP contribution is 2.49. The van der Waals surface area contributed by atoms with Crippen LogP contribution in [0.1, 0.15) is 105 Å². The highest BCUT2D eigenvalue weighted by Gasteiger charge is 2.52. The Bertz CT molecular complexity index is 2510. The van der Waals surface area contributed by atoms with E-state index in [9.17, 15) is 24.3 Å². The first-order valence-electron chi connectivity index (χ1n) is 25.1. The van der Waals surface area contributed by atoms with Gasteiger partial charge in [-0.3, -0.25) is 14.4 Å². The number of hydrogen-bond acceptors (Lipinski definition) is 13. The zero-order chi connectivity index (χ0) is 51.6. The molecule has 3 N–H and O–H groups in total. The lowest BCUT2D eigenvalue weighted by atomic mass is 9.80. The zero-order valence-electron chi connectivity index (χ0n) is 43.0. The van der Waals surface area contributed by atoms with Crippen molar-refractivity contribution in [2.24, 2.45) is 5.41 Å². The second-order valence-corrected chi connectivity index (χ2v) is 21.2. The van der Waals surface area contributed by atoms with Crippen LogP contribution in [-0.2, 0) is 54.2 Å². The summed E-state index contributed by atoms with van der Waals surface area (Å²) in [7, 11) is 0. The number of aryl methyl sites for hydroxylation is 4. The van der Waals surface area contributed by atoms with Gasteiger partial charge in [-0.1, -0.05) is 93.1 Å². The average molecular weight is 1010 g/mol. The van der Waals surface area contributed by atoms with Crippen molar-refractivity contribution in [2.45, 2.75) is 130 Å². The molecule has 2 aliphatic heterocycles. The summed E-state index contributed by atoms with van der Waals surface area (Å²) in [5.74, 6) is -1.03. The number of carbonyl (C=O) groups is 4. The van der Waals surface area contributed by atoms with Gasteiger partial charge in [0.2, 0.25) is 17.7 Å². The molecule has 7 rings (SSSR count). The van der Waals surface area contributed by atoms with Crippen LogP contribution in [0.4, 0.5) is 0 Å². The molecule has 3 heterocycles. The van der Waals surface area contributed by atoms with Crippen molar-refractivity contribution in [3.63, 3.8) is 0 Å². The zero-order valence-corrected chi connectivity index (χ0v) is 43.9. The van der Waals surface area contributed by atoms with E-state index in [1.54, 1.807) is 11.3 Å². The molecule has 0 unspecified atom stereocenters. The molecule has 4 atom stereocenters. The number of amides is 3. The molecule has 1 aromatic heterocycles. The van der Waals surface area contributed by atoms with E-state index in [0.717, 1.165) is 49.5 Å². The number of likely N-dealkylation sites (tertiary alicyclic amines) is 1. The molecule has 1 spiro atoms. The maximum Gasteiger partial charge on any atom is 0.343 e. The molecule has 3 aliphatic rings. The lowest BCUT2D eigenvalue weighted by Gasteiger charge is -2.37. The number of rotatable bonds is 22. The van der Waals surface area contributed by atoms with E-state index in [4.69, 9.17) is 28.4 Å². The normalized spacial score (nSPS) is 20.9. The quantitative estimate of drug-likeness (QED) is 0.0517. The molecule has 0 bridgehead atoms. The number of hydrogen-bond donors (Lipinski definition) is 3. The summed E-state index contributed by atoms with van der Waals surface area (Å²) in [6.45, 7) is 17.3. The van der Waals surface area contributed by atoms with E-state index < -0.39 is 41.0 Å². The van der Waals surface area contributed by atoms with Gasteiger partial charge >= 0.3 is 5.97 Å². The number of esters is 1. The predicted octanol–water partition coefficient (Wildman–Crippen LogP) is 7.65. The fraction of sp³-hybridized carbons (Fsp3) is 0.518. The minimum atomic E-state index is -0.977.